The molecule has 58 heavy (non-hydrogen) atoms. The molecule has 1 aliphatic heterocycles. The van der Waals surface area contributed by atoms with E-state index in [1.165, 1.54) is 0 Å². The van der Waals surface area contributed by atoms with Crippen molar-refractivity contribution in [3.8, 4) is 34.2 Å². The molecule has 4 aromatic heterocycles. The predicted molar refractivity (Wildman–Crippen MR) is 232 cm³/mol. The highest BCUT2D eigenvalue weighted by atomic mass is 15.1. The number of hydrogen-bond donors (Lipinski definition) is 0. The van der Waals surface area contributed by atoms with E-state index in [2.05, 4.69) is 130 Å². The van der Waals surface area contributed by atoms with Crippen LogP contribution >= 0.6 is 0 Å². The van der Waals surface area contributed by atoms with Crippen LogP contribution < -0.4 is 0 Å². The Kier molecular flexibility index (Phi) is 7.96. The van der Waals surface area contributed by atoms with Crippen LogP contribution in [0.4, 0.5) is 11.6 Å². The van der Waals surface area contributed by atoms with E-state index in [0.717, 1.165) is 89.9 Å². The SMILES string of the molecule is c1ccc(-n2c(-c3ccc(C4=Nc5ncccc5C(c5ccc(-c6nc7ccccc7n6-c6ccccc6)cc5)=Nc5ncccc54)cc3)nc3ccccc32)cc1. The number of rotatable bonds is 6. The van der Waals surface area contributed by atoms with Gasteiger partial charge in [0.2, 0.25) is 0 Å². The molecule has 10 aromatic rings. The highest BCUT2D eigenvalue weighted by molar-refractivity contribution is 6.22. The number of benzene rings is 6. The van der Waals surface area contributed by atoms with Crippen molar-refractivity contribution in [2.24, 2.45) is 9.98 Å². The van der Waals surface area contributed by atoms with Crippen molar-refractivity contribution in [2.45, 2.75) is 0 Å². The molecular formula is C50H32N8. The molecule has 0 saturated carbocycles. The minimum Gasteiger partial charge on any atom is -0.292 e. The van der Waals surface area contributed by atoms with Gasteiger partial charge in [0.25, 0.3) is 0 Å². The lowest BCUT2D eigenvalue weighted by Gasteiger charge is -2.17. The number of aliphatic imine (C=N–C) groups is 2. The number of imidazole rings is 2. The Balaban J connectivity index is 0.992. The summed E-state index contributed by atoms with van der Waals surface area (Å²) in [5.74, 6) is 2.89. The Morgan fingerprint density at radius 3 is 1.14 bits per heavy atom. The molecule has 11 rings (SSSR count). The molecule has 8 nitrogen and oxygen atoms in total. The number of hydrogen-bond acceptors (Lipinski definition) is 6. The van der Waals surface area contributed by atoms with Crippen molar-refractivity contribution in [3.63, 3.8) is 0 Å². The summed E-state index contributed by atoms with van der Waals surface area (Å²) in [5.41, 5.74) is 13.0. The van der Waals surface area contributed by atoms with E-state index < -0.39 is 0 Å². The third kappa shape index (κ3) is 5.70. The molecule has 0 atom stereocenters. The molecule has 8 heteroatoms. The van der Waals surface area contributed by atoms with Crippen LogP contribution in [0, 0.1) is 0 Å². The number of pyridine rings is 2. The summed E-state index contributed by atoms with van der Waals surface area (Å²) in [6.07, 6.45) is 3.55. The van der Waals surface area contributed by atoms with Gasteiger partial charge in [-0.3, -0.25) is 9.13 Å². The third-order valence-electron chi connectivity index (χ3n) is 10.5. The van der Waals surface area contributed by atoms with Crippen LogP contribution in [0.25, 0.3) is 56.2 Å². The molecule has 0 N–H and O–H groups in total. The van der Waals surface area contributed by atoms with E-state index in [0.29, 0.717) is 11.6 Å². The van der Waals surface area contributed by atoms with E-state index in [-0.39, 0.29) is 0 Å². The normalized spacial score (nSPS) is 12.3. The van der Waals surface area contributed by atoms with Crippen LogP contribution in [0.2, 0.25) is 0 Å². The van der Waals surface area contributed by atoms with Crippen LogP contribution in [-0.4, -0.2) is 40.5 Å². The van der Waals surface area contributed by atoms with E-state index in [9.17, 15) is 0 Å². The van der Waals surface area contributed by atoms with Crippen molar-refractivity contribution in [2.75, 3.05) is 0 Å². The summed E-state index contributed by atoms with van der Waals surface area (Å²) in [4.78, 5) is 30.3. The average Bonchev–Trinajstić information content (AvgIpc) is 3.88. The molecule has 1 aliphatic rings. The molecule has 0 radical (unpaired) electrons. The standard InChI is InChI=1S/C50H32N8/c1-3-13-37(14-4-1)57-43-21-9-7-19-41(43)53-49(57)35-27-23-33(24-28-35)45-39-17-11-31-51-47(39)56-46(40-18-12-32-52-48(40)55-45)34-25-29-36(30-26-34)50-54-42-20-8-10-22-44(42)58(50)38-15-5-2-6-16-38/h1-32H. The van der Waals surface area contributed by atoms with Gasteiger partial charge in [-0.1, -0.05) is 109 Å². The zero-order chi connectivity index (χ0) is 38.4. The Morgan fingerprint density at radius 1 is 0.328 bits per heavy atom. The first kappa shape index (κ1) is 33.3. The molecule has 0 saturated heterocycles. The first-order valence-electron chi connectivity index (χ1n) is 19.1. The fraction of sp³-hybridized carbons (Fsp3) is 0. The van der Waals surface area contributed by atoms with Gasteiger partial charge >= 0.3 is 0 Å². The first-order valence-corrected chi connectivity index (χ1v) is 19.1. The molecule has 0 bridgehead atoms. The zero-order valence-corrected chi connectivity index (χ0v) is 31.1. The number of aromatic nitrogens is 6. The zero-order valence-electron chi connectivity index (χ0n) is 31.1. The number of para-hydroxylation sites is 6. The summed E-state index contributed by atoms with van der Waals surface area (Å²) >= 11 is 0. The van der Waals surface area contributed by atoms with Crippen LogP contribution in [0.15, 0.2) is 204 Å². The van der Waals surface area contributed by atoms with Gasteiger partial charge in [0, 0.05) is 57.1 Å². The molecule has 0 amide bonds. The largest absolute Gasteiger partial charge is 0.292 e. The van der Waals surface area contributed by atoms with Crippen LogP contribution in [0.5, 0.6) is 0 Å². The fourth-order valence-electron chi connectivity index (χ4n) is 7.78. The minimum absolute atomic E-state index is 0.579. The van der Waals surface area contributed by atoms with Crippen molar-refractivity contribution >= 4 is 45.1 Å². The molecular weight excluding hydrogens is 713 g/mol. The number of nitrogens with zero attached hydrogens (tertiary/aromatic N) is 8. The lowest BCUT2D eigenvalue weighted by atomic mass is 9.97. The highest BCUT2D eigenvalue weighted by Gasteiger charge is 2.23. The fourth-order valence-corrected chi connectivity index (χ4v) is 7.78. The highest BCUT2D eigenvalue weighted by Crippen LogP contribution is 2.34. The Hall–Kier alpha value is -8.10. The molecule has 6 aromatic carbocycles. The molecule has 0 unspecified atom stereocenters. The topological polar surface area (TPSA) is 86.1 Å². The second kappa shape index (κ2) is 13.9. The molecule has 272 valence electrons. The predicted octanol–water partition coefficient (Wildman–Crippen LogP) is 11.1. The summed E-state index contributed by atoms with van der Waals surface area (Å²) < 4.78 is 4.42. The second-order valence-corrected chi connectivity index (χ2v) is 14.0. The monoisotopic (exact) mass is 744 g/mol. The average molecular weight is 745 g/mol. The van der Waals surface area contributed by atoms with Crippen molar-refractivity contribution in [1.82, 2.24) is 29.1 Å². The summed E-state index contributed by atoms with van der Waals surface area (Å²) in [6, 6.07) is 61.8. The van der Waals surface area contributed by atoms with Crippen LogP contribution in [-0.2, 0) is 0 Å². The minimum atomic E-state index is 0.579. The lowest BCUT2D eigenvalue weighted by Crippen LogP contribution is -2.11. The van der Waals surface area contributed by atoms with Gasteiger partial charge in [0.15, 0.2) is 11.6 Å². The maximum atomic E-state index is 5.27. The van der Waals surface area contributed by atoms with Crippen molar-refractivity contribution < 1.29 is 0 Å². The van der Waals surface area contributed by atoms with Gasteiger partial charge in [-0.15, -0.1) is 0 Å². The third-order valence-corrected chi connectivity index (χ3v) is 10.5. The quantitative estimate of drug-likeness (QED) is 0.170. The smallest absolute Gasteiger partial charge is 0.161 e. The summed E-state index contributed by atoms with van der Waals surface area (Å²) in [5, 5.41) is 0. The maximum Gasteiger partial charge on any atom is 0.161 e. The first-order chi connectivity index (χ1) is 28.8. The van der Waals surface area contributed by atoms with Gasteiger partial charge in [-0.2, -0.15) is 0 Å². The van der Waals surface area contributed by atoms with Crippen molar-refractivity contribution in [3.05, 3.63) is 217 Å². The van der Waals surface area contributed by atoms with Gasteiger partial charge in [0.05, 0.1) is 33.5 Å². The van der Waals surface area contributed by atoms with Crippen LogP contribution in [0.1, 0.15) is 22.3 Å². The molecule has 0 aliphatic carbocycles. The molecule has 5 heterocycles. The van der Waals surface area contributed by atoms with E-state index >= 15 is 0 Å². The van der Waals surface area contributed by atoms with Crippen LogP contribution in [0.3, 0.4) is 0 Å². The summed E-state index contributed by atoms with van der Waals surface area (Å²) in [7, 11) is 0. The van der Waals surface area contributed by atoms with Gasteiger partial charge in [0.1, 0.15) is 11.6 Å². The molecule has 0 spiro atoms. The van der Waals surface area contributed by atoms with E-state index in [1.54, 1.807) is 12.4 Å². The van der Waals surface area contributed by atoms with E-state index in [4.69, 9.17) is 29.9 Å². The van der Waals surface area contributed by atoms with E-state index in [1.807, 2.05) is 60.7 Å². The summed E-state index contributed by atoms with van der Waals surface area (Å²) in [6.45, 7) is 0. The second-order valence-electron chi connectivity index (χ2n) is 14.0. The Labute approximate surface area is 333 Å². The van der Waals surface area contributed by atoms with Gasteiger partial charge in [-0.25, -0.2) is 29.9 Å². The maximum absolute atomic E-state index is 5.27. The Morgan fingerprint density at radius 2 is 0.707 bits per heavy atom. The van der Waals surface area contributed by atoms with Crippen molar-refractivity contribution in [1.29, 1.82) is 0 Å². The van der Waals surface area contributed by atoms with Gasteiger partial charge in [-0.05, 0) is 72.8 Å². The Bertz CT molecular complexity index is 2980. The van der Waals surface area contributed by atoms with Gasteiger partial charge < -0.3 is 0 Å². The number of fused-ring (bicyclic) bond motifs is 4. The lowest BCUT2D eigenvalue weighted by molar-refractivity contribution is 1.10. The molecule has 0 fully saturated rings.